The van der Waals surface area contributed by atoms with E-state index in [1.165, 1.54) is 0 Å². The summed E-state index contributed by atoms with van der Waals surface area (Å²) in [5, 5.41) is 22.6. The third-order valence-corrected chi connectivity index (χ3v) is 6.12. The van der Waals surface area contributed by atoms with Gasteiger partial charge in [-0.1, -0.05) is 104 Å². The van der Waals surface area contributed by atoms with E-state index in [0.717, 1.165) is 33.0 Å². The van der Waals surface area contributed by atoms with Crippen molar-refractivity contribution in [3.05, 3.63) is 108 Å². The van der Waals surface area contributed by atoms with Crippen LogP contribution in [0.25, 0.3) is 21.9 Å². The molecule has 0 saturated carbocycles. The highest BCUT2D eigenvalue weighted by molar-refractivity contribution is 5.90. The number of fused-ring (bicyclic) bond motifs is 1. The lowest BCUT2D eigenvalue weighted by Gasteiger charge is -2.33. The number of hydrogen-bond acceptors (Lipinski definition) is 2. The predicted molar refractivity (Wildman–Crippen MR) is 124 cm³/mol. The Morgan fingerprint density at radius 3 is 2.19 bits per heavy atom. The first-order valence-corrected chi connectivity index (χ1v) is 10.4. The summed E-state index contributed by atoms with van der Waals surface area (Å²) in [6.07, 6.45) is 0.190. The van der Waals surface area contributed by atoms with E-state index < -0.39 is 17.3 Å². The van der Waals surface area contributed by atoms with Gasteiger partial charge in [-0.3, -0.25) is 4.79 Å². The van der Waals surface area contributed by atoms with Crippen molar-refractivity contribution in [1.82, 2.24) is 0 Å². The fraction of sp³-hybridized carbons (Fsp3) is 0.143. The van der Waals surface area contributed by atoms with Crippen molar-refractivity contribution in [3.8, 4) is 17.2 Å². The van der Waals surface area contributed by atoms with Crippen LogP contribution < -0.4 is 0 Å². The number of rotatable bonds is 6. The molecular weight excluding hydrogens is 382 g/mol. The van der Waals surface area contributed by atoms with Crippen molar-refractivity contribution in [2.75, 3.05) is 0 Å². The quantitative estimate of drug-likeness (QED) is 0.391. The maximum absolute atomic E-state index is 12.6. The van der Waals surface area contributed by atoms with Gasteiger partial charge in [0.15, 0.2) is 5.41 Å². The molecule has 0 heterocycles. The fourth-order valence-electron chi connectivity index (χ4n) is 4.50. The summed E-state index contributed by atoms with van der Waals surface area (Å²) < 4.78 is 0. The Bertz CT molecular complexity index is 1270. The molecule has 0 saturated heterocycles. The summed E-state index contributed by atoms with van der Waals surface area (Å²) in [7, 11) is 0. The molecule has 31 heavy (non-hydrogen) atoms. The minimum atomic E-state index is -1.60. The third kappa shape index (κ3) is 3.47. The number of nitrogens with zero attached hydrogens (tertiary/aromatic N) is 1. The standard InChI is InChI=1S/C28H23NO2/c1-2-28(19-29,27(30)31)26(25-18-10-14-21-13-6-7-15-23(21)25)24-17-9-8-16-22(24)20-11-4-3-5-12-20/h3-18,26H,2H2,1H3,(H,30,31). The lowest BCUT2D eigenvalue weighted by Crippen LogP contribution is -2.36. The van der Waals surface area contributed by atoms with Crippen LogP contribution in [-0.2, 0) is 4.79 Å². The number of carboxylic acids is 1. The monoisotopic (exact) mass is 405 g/mol. The van der Waals surface area contributed by atoms with Gasteiger partial charge in [0.1, 0.15) is 0 Å². The van der Waals surface area contributed by atoms with Crippen molar-refractivity contribution in [2.24, 2.45) is 5.41 Å². The van der Waals surface area contributed by atoms with Crippen molar-refractivity contribution in [2.45, 2.75) is 19.3 Å². The fourth-order valence-corrected chi connectivity index (χ4v) is 4.50. The summed E-state index contributed by atoms with van der Waals surface area (Å²) in [5.41, 5.74) is 2.03. The minimum absolute atomic E-state index is 0.190. The highest BCUT2D eigenvalue weighted by Crippen LogP contribution is 2.48. The second kappa shape index (κ2) is 8.45. The Kier molecular flexibility index (Phi) is 5.56. The van der Waals surface area contributed by atoms with Crippen molar-refractivity contribution in [1.29, 1.82) is 5.26 Å². The second-order valence-electron chi connectivity index (χ2n) is 7.70. The van der Waals surface area contributed by atoms with E-state index in [-0.39, 0.29) is 6.42 Å². The zero-order valence-corrected chi connectivity index (χ0v) is 17.3. The van der Waals surface area contributed by atoms with Gasteiger partial charge >= 0.3 is 5.97 Å². The average molecular weight is 405 g/mol. The van der Waals surface area contributed by atoms with Crippen LogP contribution in [0.2, 0.25) is 0 Å². The van der Waals surface area contributed by atoms with E-state index in [1.807, 2.05) is 97.1 Å². The molecule has 4 rings (SSSR count). The maximum atomic E-state index is 12.6. The zero-order valence-electron chi connectivity index (χ0n) is 17.3. The van der Waals surface area contributed by atoms with Crippen LogP contribution in [0, 0.1) is 16.7 Å². The molecule has 0 aliphatic carbocycles. The first-order valence-electron chi connectivity index (χ1n) is 10.4. The number of benzene rings is 4. The lowest BCUT2D eigenvalue weighted by atomic mass is 9.66. The van der Waals surface area contributed by atoms with Gasteiger partial charge in [-0.15, -0.1) is 0 Å². The molecule has 3 nitrogen and oxygen atoms in total. The Morgan fingerprint density at radius 1 is 0.871 bits per heavy atom. The maximum Gasteiger partial charge on any atom is 0.325 e. The molecule has 152 valence electrons. The Hall–Kier alpha value is -3.90. The van der Waals surface area contributed by atoms with Gasteiger partial charge in [0, 0.05) is 5.92 Å². The highest BCUT2D eigenvalue weighted by Gasteiger charge is 2.48. The molecule has 0 amide bonds. The van der Waals surface area contributed by atoms with Crippen LogP contribution >= 0.6 is 0 Å². The van der Waals surface area contributed by atoms with Gasteiger partial charge < -0.3 is 5.11 Å². The van der Waals surface area contributed by atoms with Crippen LogP contribution in [0.5, 0.6) is 0 Å². The molecule has 3 heteroatoms. The first-order chi connectivity index (χ1) is 15.1. The van der Waals surface area contributed by atoms with Crippen molar-refractivity contribution in [3.63, 3.8) is 0 Å². The van der Waals surface area contributed by atoms with Gasteiger partial charge in [-0.2, -0.15) is 5.26 Å². The number of hydrogen-bond donors (Lipinski definition) is 1. The van der Waals surface area contributed by atoms with E-state index >= 15 is 0 Å². The van der Waals surface area contributed by atoms with Crippen LogP contribution in [0.3, 0.4) is 0 Å². The van der Waals surface area contributed by atoms with Gasteiger partial charge in [0.2, 0.25) is 0 Å². The molecule has 4 aromatic carbocycles. The summed E-state index contributed by atoms with van der Waals surface area (Å²) in [5.74, 6) is -1.74. The SMILES string of the molecule is CCC(C#N)(C(=O)O)C(c1ccccc1-c1ccccc1)c1cccc2ccccc12. The lowest BCUT2D eigenvalue weighted by molar-refractivity contribution is -0.146. The van der Waals surface area contributed by atoms with Crippen LogP contribution in [0.15, 0.2) is 97.1 Å². The van der Waals surface area contributed by atoms with Crippen LogP contribution in [0.4, 0.5) is 0 Å². The number of aliphatic carboxylic acids is 1. The molecule has 0 spiro atoms. The van der Waals surface area contributed by atoms with Gasteiger partial charge in [0.05, 0.1) is 6.07 Å². The minimum Gasteiger partial charge on any atom is -0.480 e. The number of carboxylic acid groups (broad SMARTS) is 1. The molecule has 2 atom stereocenters. The molecule has 2 unspecified atom stereocenters. The van der Waals surface area contributed by atoms with E-state index in [0.29, 0.717) is 0 Å². The largest absolute Gasteiger partial charge is 0.480 e. The Morgan fingerprint density at radius 2 is 1.48 bits per heavy atom. The molecule has 0 fully saturated rings. The summed E-state index contributed by atoms with van der Waals surface area (Å²) in [6.45, 7) is 1.78. The number of carbonyl (C=O) groups is 1. The number of nitriles is 1. The van der Waals surface area contributed by atoms with E-state index in [1.54, 1.807) is 6.92 Å². The Balaban J connectivity index is 2.09. The average Bonchev–Trinajstić information content (AvgIpc) is 2.83. The van der Waals surface area contributed by atoms with Gasteiger partial charge in [-0.05, 0) is 39.4 Å². The van der Waals surface area contributed by atoms with Gasteiger partial charge in [0.25, 0.3) is 0 Å². The van der Waals surface area contributed by atoms with Crippen LogP contribution in [0.1, 0.15) is 30.4 Å². The van der Waals surface area contributed by atoms with Crippen molar-refractivity contribution < 1.29 is 9.90 Å². The van der Waals surface area contributed by atoms with Gasteiger partial charge in [-0.25, -0.2) is 0 Å². The smallest absolute Gasteiger partial charge is 0.325 e. The highest BCUT2D eigenvalue weighted by atomic mass is 16.4. The summed E-state index contributed by atoms with van der Waals surface area (Å²) >= 11 is 0. The molecule has 4 aromatic rings. The normalized spacial score (nSPS) is 13.8. The molecule has 0 bridgehead atoms. The molecule has 0 aliphatic rings. The zero-order chi connectivity index (χ0) is 21.8. The molecular formula is C28H23NO2. The van der Waals surface area contributed by atoms with E-state index in [2.05, 4.69) is 6.07 Å². The molecule has 1 N–H and O–H groups in total. The molecule has 0 aliphatic heterocycles. The first kappa shape index (κ1) is 20.4. The van der Waals surface area contributed by atoms with E-state index in [4.69, 9.17) is 0 Å². The van der Waals surface area contributed by atoms with Crippen LogP contribution in [-0.4, -0.2) is 11.1 Å². The van der Waals surface area contributed by atoms with Crippen molar-refractivity contribution >= 4 is 16.7 Å². The third-order valence-electron chi connectivity index (χ3n) is 6.12. The summed E-state index contributed by atoms with van der Waals surface area (Å²) in [6, 6.07) is 33.8. The Labute approximate surface area is 182 Å². The second-order valence-corrected chi connectivity index (χ2v) is 7.70. The van der Waals surface area contributed by atoms with E-state index in [9.17, 15) is 15.2 Å². The summed E-state index contributed by atoms with van der Waals surface area (Å²) in [4.78, 5) is 12.6. The predicted octanol–water partition coefficient (Wildman–Crippen LogP) is 6.64. The molecule has 0 aromatic heterocycles. The molecule has 0 radical (unpaired) electrons. The topological polar surface area (TPSA) is 61.1 Å².